The Bertz CT molecular complexity index is 341. The van der Waals surface area contributed by atoms with Crippen molar-refractivity contribution in [2.75, 3.05) is 13.2 Å². The number of hydrogen-bond acceptors (Lipinski definition) is 4. The number of carbonyl (C=O) groups excluding carboxylic acids is 1. The van der Waals surface area contributed by atoms with Crippen molar-refractivity contribution in [1.29, 1.82) is 0 Å². The van der Waals surface area contributed by atoms with E-state index in [2.05, 4.69) is 0 Å². The van der Waals surface area contributed by atoms with E-state index in [0.717, 1.165) is 5.56 Å². The maximum Gasteiger partial charge on any atom is 0.255 e. The molecule has 0 fully saturated rings. The molecule has 0 aliphatic carbocycles. The highest BCUT2D eigenvalue weighted by atomic mass is 16.5. The summed E-state index contributed by atoms with van der Waals surface area (Å²) in [7, 11) is 0. The SMILES string of the molecule is NC[C@H](N)c1ccccc1OCC(N)=O. The molecule has 0 saturated carbocycles. The lowest BCUT2D eigenvalue weighted by Crippen LogP contribution is -2.24. The fourth-order valence-corrected chi connectivity index (χ4v) is 1.19. The van der Waals surface area contributed by atoms with E-state index in [1.807, 2.05) is 12.1 Å². The number of amides is 1. The first-order valence-electron chi connectivity index (χ1n) is 4.61. The quantitative estimate of drug-likeness (QED) is 0.608. The van der Waals surface area contributed by atoms with Crippen LogP contribution in [-0.2, 0) is 4.79 Å². The van der Waals surface area contributed by atoms with Gasteiger partial charge in [-0.15, -0.1) is 0 Å². The average molecular weight is 209 g/mol. The van der Waals surface area contributed by atoms with Crippen LogP contribution in [0.2, 0.25) is 0 Å². The number of rotatable bonds is 5. The Kier molecular flexibility index (Phi) is 4.08. The molecule has 1 rings (SSSR count). The Balaban J connectivity index is 2.81. The van der Waals surface area contributed by atoms with E-state index in [-0.39, 0.29) is 12.6 Å². The Morgan fingerprint density at radius 2 is 2.07 bits per heavy atom. The van der Waals surface area contributed by atoms with Gasteiger partial charge in [0.15, 0.2) is 6.61 Å². The van der Waals surface area contributed by atoms with E-state index in [1.54, 1.807) is 12.1 Å². The summed E-state index contributed by atoms with van der Waals surface area (Å²) < 4.78 is 5.21. The third kappa shape index (κ3) is 3.23. The van der Waals surface area contributed by atoms with Crippen LogP contribution in [0.3, 0.4) is 0 Å². The van der Waals surface area contributed by atoms with Crippen LogP contribution in [0.4, 0.5) is 0 Å². The topological polar surface area (TPSA) is 104 Å². The van der Waals surface area contributed by atoms with Gasteiger partial charge in [0.25, 0.3) is 5.91 Å². The summed E-state index contributed by atoms with van der Waals surface area (Å²) in [5.41, 5.74) is 17.0. The molecular formula is C10H15N3O2. The standard InChI is InChI=1S/C10H15N3O2/c11-5-8(12)7-3-1-2-4-9(7)15-6-10(13)14/h1-4,8H,5-6,11-12H2,(H2,13,14)/t8-/m0/s1. The zero-order valence-corrected chi connectivity index (χ0v) is 8.35. The van der Waals surface area contributed by atoms with Gasteiger partial charge in [0.1, 0.15) is 5.75 Å². The van der Waals surface area contributed by atoms with E-state index in [4.69, 9.17) is 21.9 Å². The molecule has 5 heteroatoms. The fraction of sp³-hybridized carbons (Fsp3) is 0.300. The van der Waals surface area contributed by atoms with Crippen LogP contribution in [0.5, 0.6) is 5.75 Å². The van der Waals surface area contributed by atoms with Gasteiger partial charge in [-0.05, 0) is 6.07 Å². The molecule has 1 aromatic carbocycles. The van der Waals surface area contributed by atoms with Gasteiger partial charge in [-0.3, -0.25) is 4.79 Å². The Morgan fingerprint density at radius 1 is 1.40 bits per heavy atom. The van der Waals surface area contributed by atoms with Crippen LogP contribution in [0.15, 0.2) is 24.3 Å². The minimum atomic E-state index is -0.522. The largest absolute Gasteiger partial charge is 0.483 e. The highest BCUT2D eigenvalue weighted by Gasteiger charge is 2.10. The third-order valence-electron chi connectivity index (χ3n) is 1.94. The minimum absolute atomic E-state index is 0.158. The molecule has 0 heterocycles. The summed E-state index contributed by atoms with van der Waals surface area (Å²) >= 11 is 0. The first-order valence-corrected chi connectivity index (χ1v) is 4.61. The maximum absolute atomic E-state index is 10.6. The average Bonchev–Trinajstić information content (AvgIpc) is 2.25. The number of nitrogens with two attached hydrogens (primary N) is 3. The lowest BCUT2D eigenvalue weighted by molar-refractivity contribution is -0.119. The lowest BCUT2D eigenvalue weighted by atomic mass is 10.1. The molecule has 0 aromatic heterocycles. The van der Waals surface area contributed by atoms with Crippen molar-refractivity contribution in [3.8, 4) is 5.75 Å². The second kappa shape index (κ2) is 5.33. The Morgan fingerprint density at radius 3 is 2.67 bits per heavy atom. The summed E-state index contributed by atoms with van der Waals surface area (Å²) in [4.78, 5) is 10.6. The molecule has 1 amide bonds. The van der Waals surface area contributed by atoms with E-state index in [1.165, 1.54) is 0 Å². The predicted octanol–water partition coefficient (Wildman–Crippen LogP) is -0.491. The second-order valence-corrected chi connectivity index (χ2v) is 3.14. The Hall–Kier alpha value is -1.59. The summed E-state index contributed by atoms with van der Waals surface area (Å²) in [6.07, 6.45) is 0. The summed E-state index contributed by atoms with van der Waals surface area (Å²) in [5.74, 6) is 0.0281. The first-order chi connectivity index (χ1) is 7.15. The minimum Gasteiger partial charge on any atom is -0.483 e. The molecule has 0 spiro atoms. The van der Waals surface area contributed by atoms with Crippen LogP contribution in [0, 0.1) is 0 Å². The molecular weight excluding hydrogens is 194 g/mol. The van der Waals surface area contributed by atoms with Crippen molar-refractivity contribution in [2.24, 2.45) is 17.2 Å². The zero-order chi connectivity index (χ0) is 11.3. The maximum atomic E-state index is 10.6. The number of primary amides is 1. The molecule has 82 valence electrons. The highest BCUT2D eigenvalue weighted by molar-refractivity contribution is 5.75. The summed E-state index contributed by atoms with van der Waals surface area (Å²) in [5, 5.41) is 0. The molecule has 0 saturated heterocycles. The Labute approximate surface area is 88.2 Å². The van der Waals surface area contributed by atoms with Crippen LogP contribution in [-0.4, -0.2) is 19.1 Å². The highest BCUT2D eigenvalue weighted by Crippen LogP contribution is 2.22. The predicted molar refractivity (Wildman–Crippen MR) is 57.1 cm³/mol. The van der Waals surface area contributed by atoms with Crippen LogP contribution < -0.4 is 21.9 Å². The van der Waals surface area contributed by atoms with Crippen molar-refractivity contribution in [3.05, 3.63) is 29.8 Å². The van der Waals surface area contributed by atoms with Crippen molar-refractivity contribution < 1.29 is 9.53 Å². The molecule has 5 nitrogen and oxygen atoms in total. The molecule has 0 aliphatic rings. The lowest BCUT2D eigenvalue weighted by Gasteiger charge is -2.14. The zero-order valence-electron chi connectivity index (χ0n) is 8.35. The van der Waals surface area contributed by atoms with E-state index in [9.17, 15) is 4.79 Å². The monoisotopic (exact) mass is 209 g/mol. The number of hydrogen-bond donors (Lipinski definition) is 3. The van der Waals surface area contributed by atoms with Gasteiger partial charge >= 0.3 is 0 Å². The summed E-state index contributed by atoms with van der Waals surface area (Å²) in [6, 6.07) is 6.88. The number of benzene rings is 1. The van der Waals surface area contributed by atoms with Crippen LogP contribution >= 0.6 is 0 Å². The van der Waals surface area contributed by atoms with Crippen molar-refractivity contribution in [1.82, 2.24) is 0 Å². The number of ether oxygens (including phenoxy) is 1. The smallest absolute Gasteiger partial charge is 0.255 e. The molecule has 15 heavy (non-hydrogen) atoms. The molecule has 1 aromatic rings. The van der Waals surface area contributed by atoms with Gasteiger partial charge in [0.2, 0.25) is 0 Å². The molecule has 0 aliphatic heterocycles. The normalized spacial score (nSPS) is 12.1. The van der Waals surface area contributed by atoms with E-state index < -0.39 is 5.91 Å². The number of carbonyl (C=O) groups is 1. The molecule has 0 unspecified atom stereocenters. The van der Waals surface area contributed by atoms with Gasteiger partial charge in [0, 0.05) is 18.2 Å². The third-order valence-corrected chi connectivity index (χ3v) is 1.94. The van der Waals surface area contributed by atoms with Crippen molar-refractivity contribution >= 4 is 5.91 Å². The molecule has 0 radical (unpaired) electrons. The molecule has 1 atom stereocenters. The second-order valence-electron chi connectivity index (χ2n) is 3.14. The number of para-hydroxylation sites is 1. The van der Waals surface area contributed by atoms with Crippen molar-refractivity contribution in [3.63, 3.8) is 0 Å². The van der Waals surface area contributed by atoms with Gasteiger partial charge in [0.05, 0.1) is 0 Å². The molecule has 0 bridgehead atoms. The van der Waals surface area contributed by atoms with E-state index >= 15 is 0 Å². The van der Waals surface area contributed by atoms with Gasteiger partial charge in [-0.25, -0.2) is 0 Å². The van der Waals surface area contributed by atoms with Gasteiger partial charge in [-0.1, -0.05) is 18.2 Å². The van der Waals surface area contributed by atoms with Crippen LogP contribution in [0.1, 0.15) is 11.6 Å². The fourth-order valence-electron chi connectivity index (χ4n) is 1.19. The first kappa shape index (κ1) is 11.5. The summed E-state index contributed by atoms with van der Waals surface area (Å²) in [6.45, 7) is 0.158. The molecule has 6 N–H and O–H groups in total. The van der Waals surface area contributed by atoms with Crippen molar-refractivity contribution in [2.45, 2.75) is 6.04 Å². The van der Waals surface area contributed by atoms with E-state index in [0.29, 0.717) is 12.3 Å². The van der Waals surface area contributed by atoms with Gasteiger partial charge in [-0.2, -0.15) is 0 Å². The van der Waals surface area contributed by atoms with Crippen LogP contribution in [0.25, 0.3) is 0 Å². The van der Waals surface area contributed by atoms with Gasteiger partial charge < -0.3 is 21.9 Å².